The van der Waals surface area contributed by atoms with Gasteiger partial charge < -0.3 is 14.6 Å². The fraction of sp³-hybridized carbons (Fsp3) is 0.407. The summed E-state index contributed by atoms with van der Waals surface area (Å²) in [6, 6.07) is 8.70. The topological polar surface area (TPSA) is 88.6 Å². The first-order valence-corrected chi connectivity index (χ1v) is 12.8. The molecule has 0 bridgehead atoms. The molecular formula is C27H28F2N6O2. The lowest BCUT2D eigenvalue weighted by Crippen LogP contribution is -2.38. The van der Waals surface area contributed by atoms with E-state index in [4.69, 9.17) is 9.52 Å². The largest absolute Gasteiger partial charge is 0.425 e. The van der Waals surface area contributed by atoms with Crippen molar-refractivity contribution in [1.29, 1.82) is 0 Å². The van der Waals surface area contributed by atoms with Gasteiger partial charge in [0.2, 0.25) is 11.8 Å². The van der Waals surface area contributed by atoms with Crippen LogP contribution < -0.4 is 10.2 Å². The van der Waals surface area contributed by atoms with E-state index < -0.39 is 17.7 Å². The van der Waals surface area contributed by atoms with Gasteiger partial charge in [0.25, 0.3) is 5.91 Å². The van der Waals surface area contributed by atoms with Gasteiger partial charge in [0.15, 0.2) is 5.82 Å². The van der Waals surface area contributed by atoms with Gasteiger partial charge in [-0.25, -0.2) is 13.3 Å². The Hall–Kier alpha value is -3.82. The minimum Gasteiger partial charge on any atom is -0.425 e. The van der Waals surface area contributed by atoms with Gasteiger partial charge in [-0.05, 0) is 68.9 Å². The molecule has 1 saturated carbocycles. The van der Waals surface area contributed by atoms with Crippen LogP contribution in [-0.4, -0.2) is 38.3 Å². The van der Waals surface area contributed by atoms with Gasteiger partial charge in [0, 0.05) is 37.2 Å². The predicted molar refractivity (Wildman–Crippen MR) is 132 cm³/mol. The van der Waals surface area contributed by atoms with Crippen molar-refractivity contribution in [3.63, 3.8) is 0 Å². The number of nitrogens with zero attached hydrogens (tertiary/aromatic N) is 5. The van der Waals surface area contributed by atoms with E-state index in [-0.39, 0.29) is 23.4 Å². The highest BCUT2D eigenvalue weighted by molar-refractivity contribution is 6.06. The molecule has 2 fully saturated rings. The second-order valence-electron chi connectivity index (χ2n) is 9.93. The first kappa shape index (κ1) is 23.6. The molecule has 4 aromatic rings. The SMILES string of the molecule is Cc1nnc(C2CCC(NC(=O)c3c(N4CCC[C@@H]4c4cc(F)ccc4F)nn4ccccc34)CC2)o1. The summed E-state index contributed by atoms with van der Waals surface area (Å²) in [5.41, 5.74) is 1.42. The zero-order chi connectivity index (χ0) is 25.5. The molecule has 1 atom stereocenters. The lowest BCUT2D eigenvalue weighted by molar-refractivity contribution is 0.0927. The second kappa shape index (κ2) is 9.57. The summed E-state index contributed by atoms with van der Waals surface area (Å²) in [6.45, 7) is 2.38. The zero-order valence-corrected chi connectivity index (χ0v) is 20.5. The van der Waals surface area contributed by atoms with Gasteiger partial charge in [-0.3, -0.25) is 4.79 Å². The highest BCUT2D eigenvalue weighted by Crippen LogP contribution is 2.39. The number of rotatable bonds is 5. The molecule has 3 aromatic heterocycles. The number of carbonyl (C=O) groups is 1. The molecule has 192 valence electrons. The summed E-state index contributed by atoms with van der Waals surface area (Å²) in [7, 11) is 0. The molecule has 0 radical (unpaired) electrons. The van der Waals surface area contributed by atoms with E-state index in [0.29, 0.717) is 41.6 Å². The van der Waals surface area contributed by atoms with Crippen LogP contribution in [0.2, 0.25) is 0 Å². The van der Waals surface area contributed by atoms with Gasteiger partial charge >= 0.3 is 0 Å². The van der Waals surface area contributed by atoms with Crippen molar-refractivity contribution in [3.8, 4) is 0 Å². The van der Waals surface area contributed by atoms with Crippen LogP contribution in [0.25, 0.3) is 5.52 Å². The summed E-state index contributed by atoms with van der Waals surface area (Å²) < 4.78 is 36.0. The average Bonchev–Trinajstić information content (AvgIpc) is 3.63. The molecule has 1 saturated heterocycles. The fourth-order valence-electron chi connectivity index (χ4n) is 5.74. The number of benzene rings is 1. The van der Waals surface area contributed by atoms with Crippen molar-refractivity contribution in [2.45, 2.75) is 63.5 Å². The van der Waals surface area contributed by atoms with E-state index in [2.05, 4.69) is 15.5 Å². The molecule has 1 aliphatic carbocycles. The fourth-order valence-corrected chi connectivity index (χ4v) is 5.74. The third-order valence-electron chi connectivity index (χ3n) is 7.54. The van der Waals surface area contributed by atoms with Gasteiger partial charge in [0.1, 0.15) is 17.2 Å². The van der Waals surface area contributed by atoms with Crippen LogP contribution in [-0.2, 0) is 0 Å². The van der Waals surface area contributed by atoms with Crippen molar-refractivity contribution in [2.75, 3.05) is 11.4 Å². The van der Waals surface area contributed by atoms with E-state index in [9.17, 15) is 13.6 Å². The molecular weight excluding hydrogens is 478 g/mol. The minimum atomic E-state index is -0.484. The molecule has 1 aliphatic heterocycles. The van der Waals surface area contributed by atoms with Crippen molar-refractivity contribution in [1.82, 2.24) is 25.1 Å². The van der Waals surface area contributed by atoms with Gasteiger partial charge in [-0.15, -0.1) is 15.3 Å². The lowest BCUT2D eigenvalue weighted by Gasteiger charge is -2.28. The van der Waals surface area contributed by atoms with Gasteiger partial charge in [-0.1, -0.05) is 6.07 Å². The van der Waals surface area contributed by atoms with Crippen LogP contribution in [0.4, 0.5) is 14.6 Å². The molecule has 0 spiro atoms. The Morgan fingerprint density at radius 3 is 2.70 bits per heavy atom. The van der Waals surface area contributed by atoms with E-state index in [1.165, 1.54) is 6.07 Å². The highest BCUT2D eigenvalue weighted by atomic mass is 19.1. The number of hydrogen-bond donors (Lipinski definition) is 1. The Bertz CT molecular complexity index is 1440. The Labute approximate surface area is 212 Å². The van der Waals surface area contributed by atoms with Crippen LogP contribution in [0.1, 0.15) is 78.2 Å². The number of hydrogen-bond acceptors (Lipinski definition) is 6. The first-order chi connectivity index (χ1) is 18.0. The molecule has 2 aliphatic rings. The first-order valence-electron chi connectivity index (χ1n) is 12.8. The Kier molecular flexibility index (Phi) is 6.10. The van der Waals surface area contributed by atoms with E-state index >= 15 is 0 Å². The summed E-state index contributed by atoms with van der Waals surface area (Å²) >= 11 is 0. The summed E-state index contributed by atoms with van der Waals surface area (Å²) in [4.78, 5) is 15.7. The third kappa shape index (κ3) is 4.45. The number of pyridine rings is 1. The van der Waals surface area contributed by atoms with Crippen molar-refractivity contribution >= 4 is 17.2 Å². The number of aromatic nitrogens is 4. The number of halogens is 2. The molecule has 10 heteroatoms. The number of anilines is 1. The summed E-state index contributed by atoms with van der Waals surface area (Å²) in [6.07, 6.45) is 6.52. The van der Waals surface area contributed by atoms with E-state index in [1.54, 1.807) is 17.6 Å². The standard InChI is InChI=1S/C27H28F2N6O2/c1-16-31-32-27(37-16)17-7-10-19(11-8-17)30-26(36)24-23-5-2-3-14-35(23)33-25(24)34-13-4-6-22(34)20-15-18(28)9-12-21(20)29/h2-3,5,9,12,14-15,17,19,22H,4,6-8,10-11,13H2,1H3,(H,30,36)/t17?,19?,22-/m1/s1. The third-order valence-corrected chi connectivity index (χ3v) is 7.54. The molecule has 37 heavy (non-hydrogen) atoms. The molecule has 4 heterocycles. The number of amides is 1. The van der Waals surface area contributed by atoms with Crippen LogP contribution in [0.15, 0.2) is 47.0 Å². The Morgan fingerprint density at radius 1 is 1.08 bits per heavy atom. The van der Waals surface area contributed by atoms with Crippen LogP contribution in [0.3, 0.4) is 0 Å². The minimum absolute atomic E-state index is 0.00863. The Morgan fingerprint density at radius 2 is 1.92 bits per heavy atom. The van der Waals surface area contributed by atoms with Crippen LogP contribution >= 0.6 is 0 Å². The monoisotopic (exact) mass is 506 g/mol. The van der Waals surface area contributed by atoms with Crippen molar-refractivity contribution in [3.05, 3.63) is 77.1 Å². The molecule has 6 rings (SSSR count). The molecule has 1 aromatic carbocycles. The number of aryl methyl sites for hydroxylation is 1. The van der Waals surface area contributed by atoms with Crippen LogP contribution in [0.5, 0.6) is 0 Å². The summed E-state index contributed by atoms with van der Waals surface area (Å²) in [5, 5.41) is 16.0. The second-order valence-corrected chi connectivity index (χ2v) is 9.93. The number of nitrogens with one attached hydrogen (secondary N) is 1. The lowest BCUT2D eigenvalue weighted by atomic mass is 9.86. The van der Waals surface area contributed by atoms with Gasteiger partial charge in [-0.2, -0.15) is 0 Å². The molecule has 1 amide bonds. The molecule has 1 N–H and O–H groups in total. The number of carbonyl (C=O) groups excluding carboxylic acids is 1. The Balaban J connectivity index is 1.27. The van der Waals surface area contributed by atoms with E-state index in [1.807, 2.05) is 23.1 Å². The smallest absolute Gasteiger partial charge is 0.257 e. The van der Waals surface area contributed by atoms with Crippen molar-refractivity contribution < 1.29 is 18.0 Å². The van der Waals surface area contributed by atoms with E-state index in [0.717, 1.165) is 44.2 Å². The molecule has 8 nitrogen and oxygen atoms in total. The highest BCUT2D eigenvalue weighted by Gasteiger charge is 2.35. The van der Waals surface area contributed by atoms with Crippen molar-refractivity contribution in [2.24, 2.45) is 0 Å². The maximum Gasteiger partial charge on any atom is 0.257 e. The maximum absolute atomic E-state index is 14.7. The number of fused-ring (bicyclic) bond motifs is 1. The average molecular weight is 507 g/mol. The van der Waals surface area contributed by atoms with Crippen LogP contribution in [0, 0.1) is 18.6 Å². The summed E-state index contributed by atoms with van der Waals surface area (Å²) in [5.74, 6) is 0.766. The normalized spacial score (nSPS) is 22.0. The quantitative estimate of drug-likeness (QED) is 0.405. The predicted octanol–water partition coefficient (Wildman–Crippen LogP) is 5.10. The zero-order valence-electron chi connectivity index (χ0n) is 20.5. The molecule has 0 unspecified atom stereocenters. The van der Waals surface area contributed by atoms with Gasteiger partial charge in [0.05, 0.1) is 11.6 Å². The maximum atomic E-state index is 14.7.